The zero-order chi connectivity index (χ0) is 22.1. The molecule has 5 rings (SSSR count). The van der Waals surface area contributed by atoms with E-state index in [4.69, 9.17) is 9.47 Å². The molecule has 1 fully saturated rings. The molecule has 1 N–H and O–H groups in total. The summed E-state index contributed by atoms with van der Waals surface area (Å²) in [5, 5.41) is 6.85. The average Bonchev–Trinajstić information content (AvgIpc) is 3.44. The SMILES string of the molecule is COc1cc(F)cc(CN(CC2COC2)C(=O)N2CCc3cc(-c4cn[nH]c4)ccc32)c1. The number of urea groups is 1. The molecule has 0 bridgehead atoms. The number of nitrogens with one attached hydrogen (secondary N) is 1. The van der Waals surface area contributed by atoms with E-state index in [0.717, 1.165) is 28.8 Å². The van der Waals surface area contributed by atoms with Gasteiger partial charge in [0.2, 0.25) is 0 Å². The largest absolute Gasteiger partial charge is 0.497 e. The van der Waals surface area contributed by atoms with E-state index in [1.54, 1.807) is 17.2 Å². The minimum Gasteiger partial charge on any atom is -0.497 e. The first-order valence-corrected chi connectivity index (χ1v) is 10.7. The van der Waals surface area contributed by atoms with Crippen molar-refractivity contribution in [2.24, 2.45) is 5.92 Å². The van der Waals surface area contributed by atoms with Crippen LogP contribution in [0.3, 0.4) is 0 Å². The first-order chi connectivity index (χ1) is 15.6. The minimum absolute atomic E-state index is 0.0741. The van der Waals surface area contributed by atoms with Gasteiger partial charge in [0.15, 0.2) is 0 Å². The maximum atomic E-state index is 14.0. The highest BCUT2D eigenvalue weighted by Gasteiger charge is 2.31. The molecule has 2 aliphatic heterocycles. The Bertz CT molecular complexity index is 1110. The number of carbonyl (C=O) groups excluding carboxylic acids is 1. The lowest BCUT2D eigenvalue weighted by atomic mass is 10.0. The number of fused-ring (bicyclic) bond motifs is 1. The zero-order valence-corrected chi connectivity index (χ0v) is 17.9. The molecule has 3 heterocycles. The quantitative estimate of drug-likeness (QED) is 0.637. The van der Waals surface area contributed by atoms with E-state index in [2.05, 4.69) is 16.3 Å². The molecular formula is C24H25FN4O3. The van der Waals surface area contributed by atoms with E-state index in [9.17, 15) is 9.18 Å². The molecule has 0 radical (unpaired) electrons. The molecule has 0 spiro atoms. The van der Waals surface area contributed by atoms with Gasteiger partial charge in [-0.3, -0.25) is 10.00 Å². The standard InChI is InChI=1S/C24H25FN4O3/c1-31-22-7-16(6-21(25)9-22)12-28(13-17-14-32-15-17)24(30)29-5-4-19-8-18(2-3-23(19)29)20-10-26-27-11-20/h2-3,6-11,17H,4-5,12-15H2,1H3,(H,26,27). The fourth-order valence-corrected chi connectivity index (χ4v) is 4.32. The second kappa shape index (κ2) is 8.63. The number of methoxy groups -OCH3 is 1. The van der Waals surface area contributed by atoms with Crippen molar-refractivity contribution in [1.82, 2.24) is 15.1 Å². The molecule has 0 aliphatic carbocycles. The third-order valence-electron chi connectivity index (χ3n) is 6.03. The molecule has 0 atom stereocenters. The molecule has 1 aromatic heterocycles. The highest BCUT2D eigenvalue weighted by molar-refractivity contribution is 5.94. The summed E-state index contributed by atoms with van der Waals surface area (Å²) in [4.78, 5) is 17.2. The molecule has 1 saturated heterocycles. The number of amides is 2. The van der Waals surface area contributed by atoms with Crippen molar-refractivity contribution in [2.75, 3.05) is 38.3 Å². The molecule has 2 amide bonds. The van der Waals surface area contributed by atoms with Crippen LogP contribution in [-0.2, 0) is 17.7 Å². The fraction of sp³-hybridized carbons (Fsp3) is 0.333. The Morgan fingerprint density at radius 1 is 1.28 bits per heavy atom. The number of hydrogen-bond donors (Lipinski definition) is 1. The second-order valence-corrected chi connectivity index (χ2v) is 8.30. The fourth-order valence-electron chi connectivity index (χ4n) is 4.32. The number of rotatable bonds is 6. The highest BCUT2D eigenvalue weighted by Crippen LogP contribution is 2.33. The van der Waals surface area contributed by atoms with Crippen LogP contribution in [0.25, 0.3) is 11.1 Å². The lowest BCUT2D eigenvalue weighted by Crippen LogP contribution is -2.47. The number of nitrogens with zero attached hydrogens (tertiary/aromatic N) is 3. The normalized spacial score (nSPS) is 15.4. The summed E-state index contributed by atoms with van der Waals surface area (Å²) in [6.07, 6.45) is 4.44. The van der Waals surface area contributed by atoms with Crippen LogP contribution < -0.4 is 9.64 Å². The van der Waals surface area contributed by atoms with Gasteiger partial charge < -0.3 is 14.4 Å². The number of carbonyl (C=O) groups is 1. The number of benzene rings is 2. The van der Waals surface area contributed by atoms with Crippen molar-refractivity contribution in [1.29, 1.82) is 0 Å². The van der Waals surface area contributed by atoms with E-state index >= 15 is 0 Å². The van der Waals surface area contributed by atoms with Crippen molar-refractivity contribution in [3.05, 3.63) is 65.7 Å². The number of anilines is 1. The van der Waals surface area contributed by atoms with Gasteiger partial charge in [0.05, 0.1) is 26.5 Å². The molecule has 3 aromatic rings. The first kappa shape index (κ1) is 20.5. The van der Waals surface area contributed by atoms with Crippen LogP contribution in [0.5, 0.6) is 5.75 Å². The van der Waals surface area contributed by atoms with Gasteiger partial charge in [-0.25, -0.2) is 9.18 Å². The second-order valence-electron chi connectivity index (χ2n) is 8.30. The zero-order valence-electron chi connectivity index (χ0n) is 17.9. The summed E-state index contributed by atoms with van der Waals surface area (Å²) in [7, 11) is 1.51. The predicted octanol–water partition coefficient (Wildman–Crippen LogP) is 3.86. The minimum atomic E-state index is -0.378. The number of aromatic nitrogens is 2. The molecule has 0 saturated carbocycles. The molecule has 2 aliphatic rings. The number of H-pyrrole nitrogens is 1. The van der Waals surface area contributed by atoms with Crippen LogP contribution >= 0.6 is 0 Å². The topological polar surface area (TPSA) is 70.7 Å². The molecular weight excluding hydrogens is 411 g/mol. The van der Waals surface area contributed by atoms with E-state index < -0.39 is 0 Å². The van der Waals surface area contributed by atoms with Gasteiger partial charge in [-0.2, -0.15) is 5.10 Å². The Labute approximate surface area is 185 Å². The smallest absolute Gasteiger partial charge is 0.324 e. The third-order valence-corrected chi connectivity index (χ3v) is 6.03. The van der Waals surface area contributed by atoms with Gasteiger partial charge >= 0.3 is 6.03 Å². The van der Waals surface area contributed by atoms with Crippen LogP contribution in [0.4, 0.5) is 14.9 Å². The van der Waals surface area contributed by atoms with Crippen molar-refractivity contribution in [3.63, 3.8) is 0 Å². The molecule has 2 aromatic carbocycles. The Morgan fingerprint density at radius 3 is 2.88 bits per heavy atom. The Kier molecular flexibility index (Phi) is 5.53. The van der Waals surface area contributed by atoms with Crippen molar-refractivity contribution < 1.29 is 18.7 Å². The maximum absolute atomic E-state index is 14.0. The molecule has 0 unspecified atom stereocenters. The highest BCUT2D eigenvalue weighted by atomic mass is 19.1. The molecule has 166 valence electrons. The maximum Gasteiger partial charge on any atom is 0.324 e. The summed E-state index contributed by atoms with van der Waals surface area (Å²) in [5.41, 5.74) is 4.85. The van der Waals surface area contributed by atoms with E-state index in [-0.39, 0.29) is 11.8 Å². The van der Waals surface area contributed by atoms with Crippen molar-refractivity contribution in [2.45, 2.75) is 13.0 Å². The predicted molar refractivity (Wildman–Crippen MR) is 118 cm³/mol. The van der Waals surface area contributed by atoms with Gasteiger partial charge in [0.1, 0.15) is 11.6 Å². The Morgan fingerprint density at radius 2 is 2.16 bits per heavy atom. The summed E-state index contributed by atoms with van der Waals surface area (Å²) in [6, 6.07) is 10.6. The monoisotopic (exact) mass is 436 g/mol. The van der Waals surface area contributed by atoms with Crippen LogP contribution in [0, 0.1) is 11.7 Å². The van der Waals surface area contributed by atoms with E-state index in [0.29, 0.717) is 50.1 Å². The Balaban J connectivity index is 1.39. The van der Waals surface area contributed by atoms with Crippen LogP contribution in [0.1, 0.15) is 11.1 Å². The first-order valence-electron chi connectivity index (χ1n) is 10.7. The third kappa shape index (κ3) is 4.05. The number of hydrogen-bond acceptors (Lipinski definition) is 4. The molecule has 8 heteroatoms. The van der Waals surface area contributed by atoms with Gasteiger partial charge in [-0.15, -0.1) is 0 Å². The summed E-state index contributed by atoms with van der Waals surface area (Å²) in [6.45, 7) is 2.77. The Hall–Kier alpha value is -3.39. The number of aromatic amines is 1. The summed E-state index contributed by atoms with van der Waals surface area (Å²) < 4.78 is 24.5. The van der Waals surface area contributed by atoms with Gasteiger partial charge in [-0.05, 0) is 47.4 Å². The van der Waals surface area contributed by atoms with E-state index in [1.807, 2.05) is 23.2 Å². The number of ether oxygens (including phenoxy) is 2. The van der Waals surface area contributed by atoms with Gasteiger partial charge in [0.25, 0.3) is 0 Å². The van der Waals surface area contributed by atoms with Gasteiger partial charge in [-0.1, -0.05) is 6.07 Å². The van der Waals surface area contributed by atoms with Gasteiger partial charge in [0, 0.05) is 49.1 Å². The van der Waals surface area contributed by atoms with E-state index in [1.165, 1.54) is 19.2 Å². The lowest BCUT2D eigenvalue weighted by Gasteiger charge is -2.35. The molecule has 7 nitrogen and oxygen atoms in total. The van der Waals surface area contributed by atoms with Crippen molar-refractivity contribution >= 4 is 11.7 Å². The summed E-state index contributed by atoms with van der Waals surface area (Å²) in [5.74, 6) is 0.356. The average molecular weight is 436 g/mol. The van der Waals surface area contributed by atoms with Crippen LogP contribution in [0.2, 0.25) is 0 Å². The van der Waals surface area contributed by atoms with Crippen LogP contribution in [0.15, 0.2) is 48.8 Å². The number of halogens is 1. The summed E-state index contributed by atoms with van der Waals surface area (Å²) >= 11 is 0. The van der Waals surface area contributed by atoms with Crippen molar-refractivity contribution in [3.8, 4) is 16.9 Å². The lowest BCUT2D eigenvalue weighted by molar-refractivity contribution is -0.0421. The van der Waals surface area contributed by atoms with Crippen LogP contribution in [-0.4, -0.2) is 54.5 Å². The molecule has 32 heavy (non-hydrogen) atoms.